The SMILES string of the molecule is C(#Cc1cc2c3ccccc3n(-c3ccccc3)c2cc1-c1ccccc1)c1ccc2c(c1)c1ccccc1n2-c1ccccc1. The minimum absolute atomic E-state index is 0.995. The molecule has 214 valence electrons. The number of nitrogens with zero attached hydrogens (tertiary/aromatic N) is 2. The number of rotatable bonds is 3. The first-order valence-electron chi connectivity index (χ1n) is 15.6. The van der Waals surface area contributed by atoms with Crippen LogP contribution in [0.15, 0.2) is 170 Å². The van der Waals surface area contributed by atoms with Crippen molar-refractivity contribution in [3.8, 4) is 34.3 Å². The Morgan fingerprint density at radius 1 is 0.348 bits per heavy atom. The van der Waals surface area contributed by atoms with E-state index in [1.165, 1.54) is 43.6 Å². The molecule has 0 unspecified atom stereocenters. The number of hydrogen-bond donors (Lipinski definition) is 0. The Balaban J connectivity index is 1.26. The van der Waals surface area contributed by atoms with Crippen LogP contribution in [0.25, 0.3) is 66.1 Å². The third-order valence-corrected chi connectivity index (χ3v) is 8.94. The largest absolute Gasteiger partial charge is 0.309 e. The smallest absolute Gasteiger partial charge is 0.0548 e. The second-order valence-electron chi connectivity index (χ2n) is 11.6. The third-order valence-electron chi connectivity index (χ3n) is 8.94. The molecule has 2 nitrogen and oxygen atoms in total. The second kappa shape index (κ2) is 10.7. The summed E-state index contributed by atoms with van der Waals surface area (Å²) in [5.41, 5.74) is 11.3. The zero-order valence-corrected chi connectivity index (χ0v) is 25.1. The molecule has 0 atom stereocenters. The Labute approximate surface area is 267 Å². The molecule has 0 bridgehead atoms. The highest BCUT2D eigenvalue weighted by molar-refractivity contribution is 6.11. The van der Waals surface area contributed by atoms with Gasteiger partial charge in [-0.25, -0.2) is 0 Å². The van der Waals surface area contributed by atoms with Gasteiger partial charge < -0.3 is 9.13 Å². The van der Waals surface area contributed by atoms with Gasteiger partial charge in [-0.3, -0.25) is 0 Å². The molecule has 2 heteroatoms. The zero-order chi connectivity index (χ0) is 30.5. The molecule has 2 aromatic heterocycles. The summed E-state index contributed by atoms with van der Waals surface area (Å²) in [4.78, 5) is 0. The van der Waals surface area contributed by atoms with Crippen LogP contribution in [-0.2, 0) is 0 Å². The van der Waals surface area contributed by atoms with Crippen LogP contribution in [-0.4, -0.2) is 9.13 Å². The summed E-state index contributed by atoms with van der Waals surface area (Å²) in [5.74, 6) is 7.18. The number of aromatic nitrogens is 2. The van der Waals surface area contributed by atoms with E-state index in [2.05, 4.69) is 191 Å². The van der Waals surface area contributed by atoms with Crippen molar-refractivity contribution >= 4 is 43.6 Å². The zero-order valence-electron chi connectivity index (χ0n) is 25.1. The summed E-state index contributed by atoms with van der Waals surface area (Å²) in [6, 6.07) is 60.3. The highest BCUT2D eigenvalue weighted by atomic mass is 15.0. The fourth-order valence-electron chi connectivity index (χ4n) is 6.88. The molecule has 0 aliphatic rings. The van der Waals surface area contributed by atoms with Crippen molar-refractivity contribution < 1.29 is 0 Å². The van der Waals surface area contributed by atoms with E-state index in [4.69, 9.17) is 0 Å². The summed E-state index contributed by atoms with van der Waals surface area (Å²) in [7, 11) is 0. The average molecular weight is 585 g/mol. The predicted molar refractivity (Wildman–Crippen MR) is 193 cm³/mol. The first-order valence-corrected chi connectivity index (χ1v) is 15.6. The highest BCUT2D eigenvalue weighted by Crippen LogP contribution is 2.37. The Hall–Kier alpha value is -6.30. The van der Waals surface area contributed by atoms with E-state index in [0.717, 1.165) is 33.6 Å². The van der Waals surface area contributed by atoms with E-state index in [1.807, 2.05) is 0 Å². The van der Waals surface area contributed by atoms with E-state index in [0.29, 0.717) is 0 Å². The number of fused-ring (bicyclic) bond motifs is 6. The molecule has 0 saturated carbocycles. The van der Waals surface area contributed by atoms with Crippen molar-refractivity contribution in [1.82, 2.24) is 9.13 Å². The van der Waals surface area contributed by atoms with Crippen molar-refractivity contribution in [2.45, 2.75) is 0 Å². The summed E-state index contributed by atoms with van der Waals surface area (Å²) in [6.07, 6.45) is 0. The lowest BCUT2D eigenvalue weighted by Crippen LogP contribution is -1.94. The van der Waals surface area contributed by atoms with Gasteiger partial charge in [0.1, 0.15) is 0 Å². The number of para-hydroxylation sites is 4. The van der Waals surface area contributed by atoms with Gasteiger partial charge in [-0.1, -0.05) is 115 Å². The molecule has 0 amide bonds. The van der Waals surface area contributed by atoms with Gasteiger partial charge in [-0.2, -0.15) is 0 Å². The molecule has 9 aromatic rings. The van der Waals surface area contributed by atoms with Gasteiger partial charge in [0, 0.05) is 44.0 Å². The average Bonchev–Trinajstić information content (AvgIpc) is 3.63. The molecule has 0 N–H and O–H groups in total. The van der Waals surface area contributed by atoms with Crippen LogP contribution in [0, 0.1) is 11.8 Å². The lowest BCUT2D eigenvalue weighted by molar-refractivity contribution is 1.18. The molecule has 0 saturated heterocycles. The molecule has 0 aliphatic heterocycles. The Morgan fingerprint density at radius 3 is 1.48 bits per heavy atom. The van der Waals surface area contributed by atoms with Gasteiger partial charge >= 0.3 is 0 Å². The van der Waals surface area contributed by atoms with Crippen LogP contribution in [0.2, 0.25) is 0 Å². The van der Waals surface area contributed by atoms with Crippen LogP contribution in [0.5, 0.6) is 0 Å². The molecule has 2 heterocycles. The van der Waals surface area contributed by atoms with Crippen LogP contribution in [0.3, 0.4) is 0 Å². The Morgan fingerprint density at radius 2 is 0.848 bits per heavy atom. The normalized spacial score (nSPS) is 11.3. The van der Waals surface area contributed by atoms with Crippen LogP contribution in [0.4, 0.5) is 0 Å². The van der Waals surface area contributed by atoms with Crippen LogP contribution in [0.1, 0.15) is 11.1 Å². The standard InChI is InChI=1S/C44H28N2/c1-4-14-32(15-5-1)38-30-44-40(37-21-11-13-23-42(37)46(44)35-18-8-3-9-19-35)29-33(38)26-24-31-25-27-43-39(28-31)36-20-10-12-22-41(36)45(43)34-16-6-2-7-17-34/h1-23,25,27-30H. The first-order chi connectivity index (χ1) is 22.8. The van der Waals surface area contributed by atoms with Gasteiger partial charge in [0.15, 0.2) is 0 Å². The van der Waals surface area contributed by atoms with E-state index in [1.54, 1.807) is 0 Å². The van der Waals surface area contributed by atoms with Crippen molar-refractivity contribution in [1.29, 1.82) is 0 Å². The third kappa shape index (κ3) is 4.22. The summed E-state index contributed by atoms with van der Waals surface area (Å²) < 4.78 is 4.70. The van der Waals surface area contributed by atoms with E-state index >= 15 is 0 Å². The van der Waals surface area contributed by atoms with Crippen molar-refractivity contribution in [3.63, 3.8) is 0 Å². The van der Waals surface area contributed by atoms with Crippen LogP contribution < -0.4 is 0 Å². The van der Waals surface area contributed by atoms with Gasteiger partial charge in [0.05, 0.1) is 22.1 Å². The fraction of sp³-hybridized carbons (Fsp3) is 0. The van der Waals surface area contributed by atoms with Gasteiger partial charge in [0.2, 0.25) is 0 Å². The quantitative estimate of drug-likeness (QED) is 0.183. The molecule has 0 fully saturated rings. The molecular weight excluding hydrogens is 556 g/mol. The molecule has 0 radical (unpaired) electrons. The second-order valence-corrected chi connectivity index (χ2v) is 11.6. The molecule has 7 aromatic carbocycles. The predicted octanol–water partition coefficient (Wildman–Crippen LogP) is 10.9. The lowest BCUT2D eigenvalue weighted by atomic mass is 9.97. The summed E-state index contributed by atoms with van der Waals surface area (Å²) >= 11 is 0. The number of benzene rings is 7. The number of hydrogen-bond acceptors (Lipinski definition) is 0. The maximum absolute atomic E-state index is 3.62. The summed E-state index contributed by atoms with van der Waals surface area (Å²) in [5, 5.41) is 4.85. The topological polar surface area (TPSA) is 9.86 Å². The van der Waals surface area contributed by atoms with Crippen molar-refractivity contribution in [3.05, 3.63) is 181 Å². The van der Waals surface area contributed by atoms with E-state index < -0.39 is 0 Å². The van der Waals surface area contributed by atoms with E-state index in [9.17, 15) is 0 Å². The Kier molecular flexibility index (Phi) is 6.08. The lowest BCUT2D eigenvalue weighted by Gasteiger charge is -2.10. The minimum Gasteiger partial charge on any atom is -0.309 e. The van der Waals surface area contributed by atoms with Crippen LogP contribution >= 0.6 is 0 Å². The molecule has 9 rings (SSSR count). The molecular formula is C44H28N2. The molecule has 46 heavy (non-hydrogen) atoms. The minimum atomic E-state index is 0.995. The Bertz CT molecular complexity index is 2610. The molecule has 0 spiro atoms. The molecule has 0 aliphatic carbocycles. The van der Waals surface area contributed by atoms with Gasteiger partial charge in [-0.15, -0.1) is 0 Å². The first kappa shape index (κ1) is 26.1. The maximum atomic E-state index is 3.62. The van der Waals surface area contributed by atoms with Gasteiger partial charge in [0.25, 0.3) is 0 Å². The van der Waals surface area contributed by atoms with Gasteiger partial charge in [-0.05, 0) is 77.9 Å². The maximum Gasteiger partial charge on any atom is 0.0548 e. The van der Waals surface area contributed by atoms with Crippen molar-refractivity contribution in [2.24, 2.45) is 0 Å². The van der Waals surface area contributed by atoms with E-state index in [-0.39, 0.29) is 0 Å². The van der Waals surface area contributed by atoms with Crippen molar-refractivity contribution in [2.75, 3.05) is 0 Å². The monoisotopic (exact) mass is 584 g/mol. The fourth-order valence-corrected chi connectivity index (χ4v) is 6.88. The highest BCUT2D eigenvalue weighted by Gasteiger charge is 2.16. The summed E-state index contributed by atoms with van der Waals surface area (Å²) in [6.45, 7) is 0.